The Morgan fingerprint density at radius 1 is 1.79 bits per heavy atom. The molecule has 0 unspecified atom stereocenters. The third-order valence-electron chi connectivity index (χ3n) is 1.17. The third kappa shape index (κ3) is 5.39. The summed E-state index contributed by atoms with van der Waals surface area (Å²) in [5.41, 5.74) is 4.94. The number of aliphatic carboxylic acids is 1. The van der Waals surface area contributed by atoms with Gasteiger partial charge in [-0.25, -0.2) is 0 Å². The molecule has 0 aromatic carbocycles. The minimum absolute atomic E-state index is 0.190. The van der Waals surface area contributed by atoms with Gasteiger partial charge in [0.25, 0.3) is 0 Å². The molecule has 0 saturated heterocycles. The average molecular weight is 217 g/mol. The number of furan rings is 1. The van der Waals surface area contributed by atoms with Crippen LogP contribution in [0.1, 0.15) is 10.6 Å². The van der Waals surface area contributed by atoms with Gasteiger partial charge in [0.05, 0.1) is 6.26 Å². The quantitative estimate of drug-likeness (QED) is 0.504. The molecule has 0 amide bonds. The summed E-state index contributed by atoms with van der Waals surface area (Å²) in [7, 11) is 0. The molecule has 0 aliphatic heterocycles. The van der Waals surface area contributed by atoms with Gasteiger partial charge in [-0.15, -0.1) is 0 Å². The van der Waals surface area contributed by atoms with Crippen molar-refractivity contribution in [1.82, 2.24) is 0 Å². The van der Waals surface area contributed by atoms with Crippen LogP contribution in [0.3, 0.4) is 0 Å². The van der Waals surface area contributed by atoms with Gasteiger partial charge in [0, 0.05) is 5.75 Å². The van der Waals surface area contributed by atoms with Crippen molar-refractivity contribution in [1.29, 1.82) is 0 Å². The number of carbonyl (C=O) groups is 2. The minimum atomic E-state index is -1.00. The van der Waals surface area contributed by atoms with Gasteiger partial charge >= 0.3 is 5.97 Å². The van der Waals surface area contributed by atoms with Crippen LogP contribution in [-0.4, -0.2) is 29.2 Å². The zero-order chi connectivity index (χ0) is 11.0. The molecule has 6 heteroatoms. The van der Waals surface area contributed by atoms with Gasteiger partial charge in [0.15, 0.2) is 12.0 Å². The van der Waals surface area contributed by atoms with Gasteiger partial charge in [-0.05, 0) is 12.1 Å². The van der Waals surface area contributed by atoms with Crippen molar-refractivity contribution in [3.05, 3.63) is 24.2 Å². The highest BCUT2D eigenvalue weighted by Gasteiger charge is 2.06. The Morgan fingerprint density at radius 3 is 2.57 bits per heavy atom. The SMILES string of the molecule is N[C@@H](CS)C(=O)O.O=Cc1ccco1. The normalized spacial score (nSPS) is 11.0. The summed E-state index contributed by atoms with van der Waals surface area (Å²) in [5.74, 6) is -0.440. The Morgan fingerprint density at radius 2 is 2.43 bits per heavy atom. The Bertz CT molecular complexity index is 273. The van der Waals surface area contributed by atoms with E-state index in [1.807, 2.05) is 0 Å². The molecular formula is C8H11NO4S. The van der Waals surface area contributed by atoms with E-state index in [0.29, 0.717) is 12.0 Å². The largest absolute Gasteiger partial charge is 0.480 e. The summed E-state index contributed by atoms with van der Waals surface area (Å²) >= 11 is 3.65. The molecule has 0 saturated carbocycles. The zero-order valence-electron chi connectivity index (χ0n) is 7.29. The average Bonchev–Trinajstić information content (AvgIpc) is 2.69. The maximum atomic E-state index is 9.77. The van der Waals surface area contributed by atoms with Crippen LogP contribution in [0.2, 0.25) is 0 Å². The molecule has 1 heterocycles. The number of rotatable bonds is 3. The van der Waals surface area contributed by atoms with Crippen molar-refractivity contribution in [3.63, 3.8) is 0 Å². The van der Waals surface area contributed by atoms with Crippen molar-refractivity contribution in [2.45, 2.75) is 6.04 Å². The lowest BCUT2D eigenvalue weighted by molar-refractivity contribution is -0.137. The van der Waals surface area contributed by atoms with E-state index in [2.05, 4.69) is 17.0 Å². The van der Waals surface area contributed by atoms with Gasteiger partial charge in [0.2, 0.25) is 0 Å². The number of carbonyl (C=O) groups excluding carboxylic acids is 1. The fourth-order valence-electron chi connectivity index (χ4n) is 0.436. The van der Waals surface area contributed by atoms with Crippen LogP contribution in [0.15, 0.2) is 22.8 Å². The summed E-state index contributed by atoms with van der Waals surface area (Å²) in [6, 6.07) is 2.46. The highest BCUT2D eigenvalue weighted by molar-refractivity contribution is 7.80. The molecule has 5 nitrogen and oxygen atoms in total. The number of carboxylic acid groups (broad SMARTS) is 1. The lowest BCUT2D eigenvalue weighted by atomic mass is 10.4. The smallest absolute Gasteiger partial charge is 0.321 e. The molecule has 0 bridgehead atoms. The van der Waals surface area contributed by atoms with E-state index in [4.69, 9.17) is 10.8 Å². The molecule has 1 rings (SSSR count). The number of thiol groups is 1. The first-order valence-electron chi connectivity index (χ1n) is 3.69. The highest BCUT2D eigenvalue weighted by Crippen LogP contribution is 1.92. The zero-order valence-corrected chi connectivity index (χ0v) is 8.18. The van der Waals surface area contributed by atoms with E-state index >= 15 is 0 Å². The number of hydrogen-bond acceptors (Lipinski definition) is 5. The molecular weight excluding hydrogens is 206 g/mol. The Balaban J connectivity index is 0.000000241. The van der Waals surface area contributed by atoms with Gasteiger partial charge in [-0.3, -0.25) is 9.59 Å². The Labute approximate surface area is 86.3 Å². The predicted molar refractivity (Wildman–Crippen MR) is 53.6 cm³/mol. The van der Waals surface area contributed by atoms with Crippen LogP contribution >= 0.6 is 12.6 Å². The number of carboxylic acids is 1. The first kappa shape index (κ1) is 12.7. The van der Waals surface area contributed by atoms with Crippen molar-refractivity contribution in [2.24, 2.45) is 5.73 Å². The lowest BCUT2D eigenvalue weighted by Crippen LogP contribution is -2.31. The van der Waals surface area contributed by atoms with E-state index in [-0.39, 0.29) is 5.75 Å². The van der Waals surface area contributed by atoms with Crippen molar-refractivity contribution in [3.8, 4) is 0 Å². The molecule has 0 spiro atoms. The van der Waals surface area contributed by atoms with E-state index in [1.165, 1.54) is 6.26 Å². The fourth-order valence-corrected chi connectivity index (χ4v) is 0.593. The topological polar surface area (TPSA) is 93.5 Å². The molecule has 0 aliphatic rings. The first-order valence-corrected chi connectivity index (χ1v) is 4.33. The molecule has 78 valence electrons. The van der Waals surface area contributed by atoms with E-state index in [1.54, 1.807) is 12.1 Å². The van der Waals surface area contributed by atoms with E-state index in [9.17, 15) is 9.59 Å². The monoisotopic (exact) mass is 217 g/mol. The molecule has 1 aromatic rings. The lowest BCUT2D eigenvalue weighted by Gasteiger charge is -1.96. The molecule has 0 radical (unpaired) electrons. The first-order chi connectivity index (χ1) is 6.61. The molecule has 14 heavy (non-hydrogen) atoms. The van der Waals surface area contributed by atoms with Crippen LogP contribution in [-0.2, 0) is 4.79 Å². The van der Waals surface area contributed by atoms with Crippen LogP contribution in [0, 0.1) is 0 Å². The molecule has 0 aliphatic carbocycles. The van der Waals surface area contributed by atoms with E-state index in [0.717, 1.165) is 0 Å². The molecule has 1 aromatic heterocycles. The van der Waals surface area contributed by atoms with Crippen molar-refractivity contribution < 1.29 is 19.1 Å². The second kappa shape index (κ2) is 7.16. The molecule has 0 fully saturated rings. The highest BCUT2D eigenvalue weighted by atomic mass is 32.1. The van der Waals surface area contributed by atoms with Gasteiger partial charge in [-0.1, -0.05) is 0 Å². The Kier molecular flexibility index (Phi) is 6.51. The third-order valence-corrected chi connectivity index (χ3v) is 1.57. The summed E-state index contributed by atoms with van der Waals surface area (Å²) in [6.45, 7) is 0. The second-order valence-corrected chi connectivity index (χ2v) is 2.63. The van der Waals surface area contributed by atoms with Crippen LogP contribution in [0.25, 0.3) is 0 Å². The van der Waals surface area contributed by atoms with Crippen molar-refractivity contribution >= 4 is 24.9 Å². The standard InChI is InChI=1S/C5H4O2.C3H7NO2S/c6-4-5-2-1-3-7-5;4-2(1-7)3(5)6/h1-4H;2,7H,1,4H2,(H,5,6)/t;2-/m.0/s1. The predicted octanol–water partition coefficient (Wildman–Crippen LogP) is 0.420. The van der Waals surface area contributed by atoms with Crippen LogP contribution in [0.5, 0.6) is 0 Å². The maximum absolute atomic E-state index is 9.77. The maximum Gasteiger partial charge on any atom is 0.321 e. The molecule has 1 atom stereocenters. The number of aldehydes is 1. The van der Waals surface area contributed by atoms with Crippen molar-refractivity contribution in [2.75, 3.05) is 5.75 Å². The van der Waals surface area contributed by atoms with Gasteiger partial charge in [-0.2, -0.15) is 12.6 Å². The summed E-state index contributed by atoms with van der Waals surface area (Å²) in [4.78, 5) is 19.5. The van der Waals surface area contributed by atoms with Crippen LogP contribution < -0.4 is 5.73 Å². The summed E-state index contributed by atoms with van der Waals surface area (Å²) in [6.07, 6.45) is 2.13. The van der Waals surface area contributed by atoms with E-state index < -0.39 is 12.0 Å². The summed E-state index contributed by atoms with van der Waals surface area (Å²) < 4.78 is 4.61. The van der Waals surface area contributed by atoms with Gasteiger partial charge in [0.1, 0.15) is 6.04 Å². The Hall–Kier alpha value is -1.27. The summed E-state index contributed by atoms with van der Waals surface area (Å²) in [5, 5.41) is 8.01. The van der Waals surface area contributed by atoms with Crippen LogP contribution in [0.4, 0.5) is 0 Å². The fraction of sp³-hybridized carbons (Fsp3) is 0.250. The number of hydrogen-bond donors (Lipinski definition) is 3. The minimum Gasteiger partial charge on any atom is -0.480 e. The van der Waals surface area contributed by atoms with Gasteiger partial charge < -0.3 is 15.3 Å². The second-order valence-electron chi connectivity index (χ2n) is 2.26. The number of nitrogens with two attached hydrogens (primary N) is 1. The molecule has 3 N–H and O–H groups in total.